The van der Waals surface area contributed by atoms with Gasteiger partial charge in [0.25, 0.3) is 0 Å². The van der Waals surface area contributed by atoms with Crippen LogP contribution in [0.2, 0.25) is 0 Å². The van der Waals surface area contributed by atoms with Crippen LogP contribution in [0.1, 0.15) is 53.4 Å². The van der Waals surface area contributed by atoms with Gasteiger partial charge in [0, 0.05) is 25.0 Å². The molecule has 0 aromatic carbocycles. The molecular formula is C19H32N2O4. The molecular weight excluding hydrogens is 320 g/mol. The molecule has 2 fully saturated rings. The third-order valence-corrected chi connectivity index (χ3v) is 4.81. The lowest BCUT2D eigenvalue weighted by atomic mass is 9.90. The van der Waals surface area contributed by atoms with Crippen molar-refractivity contribution in [1.82, 2.24) is 9.80 Å². The minimum atomic E-state index is -0.441. The molecule has 0 aromatic heterocycles. The molecule has 2 rings (SSSR count). The lowest BCUT2D eigenvalue weighted by Crippen LogP contribution is -2.50. The normalized spacial score (nSPS) is 21.0. The molecule has 2 aliphatic rings. The van der Waals surface area contributed by atoms with Crippen molar-refractivity contribution in [2.75, 3.05) is 32.8 Å². The average molecular weight is 352 g/mol. The van der Waals surface area contributed by atoms with Gasteiger partial charge in [-0.2, -0.15) is 0 Å². The molecule has 0 bridgehead atoms. The second kappa shape index (κ2) is 8.19. The van der Waals surface area contributed by atoms with E-state index in [1.165, 1.54) is 0 Å². The highest BCUT2D eigenvalue weighted by Crippen LogP contribution is 2.31. The van der Waals surface area contributed by atoms with E-state index in [9.17, 15) is 14.4 Å². The van der Waals surface area contributed by atoms with Crippen molar-refractivity contribution in [3.05, 3.63) is 0 Å². The van der Waals surface area contributed by atoms with Gasteiger partial charge in [-0.15, -0.1) is 0 Å². The van der Waals surface area contributed by atoms with Gasteiger partial charge in [-0.05, 0) is 38.5 Å². The summed E-state index contributed by atoms with van der Waals surface area (Å²) in [7, 11) is 0. The van der Waals surface area contributed by atoms with E-state index in [-0.39, 0.29) is 30.2 Å². The first kappa shape index (κ1) is 19.7. The molecule has 0 radical (unpaired) electrons. The first-order valence-electron chi connectivity index (χ1n) is 9.46. The Hall–Kier alpha value is -1.59. The predicted octanol–water partition coefficient (Wildman–Crippen LogP) is 2.07. The van der Waals surface area contributed by atoms with E-state index in [1.807, 2.05) is 25.7 Å². The lowest BCUT2D eigenvalue weighted by Gasteiger charge is -2.37. The Kier molecular flexibility index (Phi) is 6.47. The molecule has 1 saturated carbocycles. The van der Waals surface area contributed by atoms with Crippen LogP contribution in [0.5, 0.6) is 0 Å². The lowest BCUT2D eigenvalue weighted by molar-refractivity contribution is -0.152. The van der Waals surface area contributed by atoms with Gasteiger partial charge in [0.05, 0.1) is 12.5 Å². The maximum Gasteiger partial charge on any atom is 0.325 e. The molecule has 1 unspecified atom stereocenters. The summed E-state index contributed by atoms with van der Waals surface area (Å²) in [6.45, 7) is 9.61. The predicted molar refractivity (Wildman–Crippen MR) is 94.7 cm³/mol. The second-order valence-corrected chi connectivity index (χ2v) is 8.31. The van der Waals surface area contributed by atoms with Crippen molar-refractivity contribution in [2.45, 2.75) is 53.4 Å². The van der Waals surface area contributed by atoms with E-state index in [0.29, 0.717) is 32.2 Å². The van der Waals surface area contributed by atoms with Crippen LogP contribution in [0.3, 0.4) is 0 Å². The molecule has 2 amide bonds. The minimum Gasteiger partial charge on any atom is -0.465 e. The molecule has 25 heavy (non-hydrogen) atoms. The number of likely N-dealkylation sites (tertiary alicyclic amines) is 1. The standard InChI is InChI=1S/C19H32N2O4/c1-5-25-16(22)13-21(11-14-8-9-14)17(23)15-7-6-10-20(12-15)18(24)19(2,3)4/h14-15H,5-13H2,1-4H3. The van der Waals surface area contributed by atoms with Crippen molar-refractivity contribution in [2.24, 2.45) is 17.3 Å². The smallest absolute Gasteiger partial charge is 0.325 e. The number of piperidine rings is 1. The van der Waals surface area contributed by atoms with E-state index < -0.39 is 5.41 Å². The highest BCUT2D eigenvalue weighted by Gasteiger charge is 2.37. The van der Waals surface area contributed by atoms with Gasteiger partial charge in [0.2, 0.25) is 11.8 Å². The summed E-state index contributed by atoms with van der Waals surface area (Å²) in [6.07, 6.45) is 3.84. The largest absolute Gasteiger partial charge is 0.465 e. The topological polar surface area (TPSA) is 66.9 Å². The highest BCUT2D eigenvalue weighted by molar-refractivity contribution is 5.86. The number of ether oxygens (including phenoxy) is 1. The van der Waals surface area contributed by atoms with Gasteiger partial charge >= 0.3 is 5.97 Å². The number of carbonyl (C=O) groups excluding carboxylic acids is 3. The summed E-state index contributed by atoms with van der Waals surface area (Å²) in [5.41, 5.74) is -0.441. The summed E-state index contributed by atoms with van der Waals surface area (Å²) < 4.78 is 5.02. The SMILES string of the molecule is CCOC(=O)CN(CC1CC1)C(=O)C1CCCN(C(=O)C(C)(C)C)C1. The van der Waals surface area contributed by atoms with Gasteiger partial charge < -0.3 is 14.5 Å². The Bertz CT molecular complexity index is 508. The fourth-order valence-electron chi connectivity index (χ4n) is 3.30. The molecule has 1 heterocycles. The fraction of sp³-hybridized carbons (Fsp3) is 0.842. The summed E-state index contributed by atoms with van der Waals surface area (Å²) in [5.74, 6) is 0.0212. The van der Waals surface area contributed by atoms with Crippen LogP contribution in [-0.2, 0) is 19.1 Å². The number of nitrogens with zero attached hydrogens (tertiary/aromatic N) is 2. The van der Waals surface area contributed by atoms with E-state index in [2.05, 4.69) is 0 Å². The van der Waals surface area contributed by atoms with Crippen LogP contribution in [0, 0.1) is 17.3 Å². The van der Waals surface area contributed by atoms with Gasteiger partial charge in [-0.3, -0.25) is 14.4 Å². The Labute approximate surface area is 150 Å². The second-order valence-electron chi connectivity index (χ2n) is 8.31. The van der Waals surface area contributed by atoms with E-state index in [0.717, 1.165) is 25.7 Å². The average Bonchev–Trinajstić information content (AvgIpc) is 3.36. The number of hydrogen-bond acceptors (Lipinski definition) is 4. The minimum absolute atomic E-state index is 0.00800. The van der Waals surface area contributed by atoms with Gasteiger partial charge in [0.1, 0.15) is 6.54 Å². The van der Waals surface area contributed by atoms with Crippen molar-refractivity contribution in [3.63, 3.8) is 0 Å². The molecule has 6 nitrogen and oxygen atoms in total. The third-order valence-electron chi connectivity index (χ3n) is 4.81. The molecule has 0 spiro atoms. The fourth-order valence-corrected chi connectivity index (χ4v) is 3.30. The summed E-state index contributed by atoms with van der Waals surface area (Å²) >= 11 is 0. The van der Waals surface area contributed by atoms with Crippen molar-refractivity contribution < 1.29 is 19.1 Å². The maximum absolute atomic E-state index is 13.0. The highest BCUT2D eigenvalue weighted by atomic mass is 16.5. The molecule has 1 aliphatic carbocycles. The number of amides is 2. The van der Waals surface area contributed by atoms with Crippen molar-refractivity contribution in [3.8, 4) is 0 Å². The van der Waals surface area contributed by atoms with Gasteiger partial charge in [0.15, 0.2) is 0 Å². The molecule has 142 valence electrons. The Balaban J connectivity index is 2.01. The van der Waals surface area contributed by atoms with Crippen LogP contribution < -0.4 is 0 Å². The summed E-state index contributed by atoms with van der Waals surface area (Å²) in [5, 5.41) is 0. The Morgan fingerprint density at radius 1 is 1.16 bits per heavy atom. The van der Waals surface area contributed by atoms with Crippen LogP contribution in [0.15, 0.2) is 0 Å². The number of rotatable bonds is 6. The summed E-state index contributed by atoms with van der Waals surface area (Å²) in [6, 6.07) is 0. The zero-order valence-corrected chi connectivity index (χ0v) is 16.0. The van der Waals surface area contributed by atoms with Gasteiger partial charge in [-0.1, -0.05) is 20.8 Å². The van der Waals surface area contributed by atoms with E-state index in [1.54, 1.807) is 11.8 Å². The Morgan fingerprint density at radius 2 is 1.84 bits per heavy atom. The number of hydrogen-bond donors (Lipinski definition) is 0. The summed E-state index contributed by atoms with van der Waals surface area (Å²) in [4.78, 5) is 40.9. The molecule has 0 aromatic rings. The number of esters is 1. The first-order valence-corrected chi connectivity index (χ1v) is 9.46. The molecule has 1 aliphatic heterocycles. The Morgan fingerprint density at radius 3 is 2.40 bits per heavy atom. The van der Waals surface area contributed by atoms with Crippen LogP contribution in [0.4, 0.5) is 0 Å². The first-order chi connectivity index (χ1) is 11.7. The maximum atomic E-state index is 13.0. The van der Waals surface area contributed by atoms with Crippen LogP contribution >= 0.6 is 0 Å². The monoisotopic (exact) mass is 352 g/mol. The van der Waals surface area contributed by atoms with Crippen molar-refractivity contribution >= 4 is 17.8 Å². The van der Waals surface area contributed by atoms with Crippen molar-refractivity contribution in [1.29, 1.82) is 0 Å². The third kappa shape index (κ3) is 5.72. The van der Waals surface area contributed by atoms with Crippen LogP contribution in [0.25, 0.3) is 0 Å². The quantitative estimate of drug-likeness (QED) is 0.687. The molecule has 1 atom stereocenters. The molecule has 0 N–H and O–H groups in total. The zero-order valence-electron chi connectivity index (χ0n) is 16.0. The van der Waals surface area contributed by atoms with Crippen LogP contribution in [-0.4, -0.2) is 60.4 Å². The zero-order chi connectivity index (χ0) is 18.6. The number of carbonyl (C=O) groups is 3. The molecule has 6 heteroatoms. The van der Waals surface area contributed by atoms with E-state index >= 15 is 0 Å². The molecule has 1 saturated heterocycles. The van der Waals surface area contributed by atoms with E-state index in [4.69, 9.17) is 4.74 Å². The van der Waals surface area contributed by atoms with Gasteiger partial charge in [-0.25, -0.2) is 0 Å².